The predicted octanol–water partition coefficient (Wildman–Crippen LogP) is 2.47. The standard InChI is InChI=1S/C12H11BrN2O4/c1-2-19-11(16)5-9-3-8(7-14)4-10(6-13)12(9)15(17)18/h3-4H,2,5-6H2,1H3. The molecule has 0 aromatic heterocycles. The summed E-state index contributed by atoms with van der Waals surface area (Å²) in [7, 11) is 0. The van der Waals surface area contributed by atoms with E-state index in [2.05, 4.69) is 15.9 Å². The van der Waals surface area contributed by atoms with E-state index >= 15 is 0 Å². The summed E-state index contributed by atoms with van der Waals surface area (Å²) >= 11 is 3.14. The molecule has 1 aromatic rings. The van der Waals surface area contributed by atoms with E-state index in [1.807, 2.05) is 6.07 Å². The fraction of sp³-hybridized carbons (Fsp3) is 0.333. The van der Waals surface area contributed by atoms with Gasteiger partial charge in [-0.05, 0) is 19.1 Å². The molecule has 0 bridgehead atoms. The molecule has 0 N–H and O–H groups in total. The molecular weight excluding hydrogens is 316 g/mol. The lowest BCUT2D eigenvalue weighted by molar-refractivity contribution is -0.386. The Bertz CT molecular complexity index is 551. The van der Waals surface area contributed by atoms with Crippen molar-refractivity contribution in [3.8, 4) is 6.07 Å². The smallest absolute Gasteiger partial charge is 0.310 e. The van der Waals surface area contributed by atoms with E-state index in [0.717, 1.165) is 0 Å². The molecule has 0 radical (unpaired) electrons. The molecule has 19 heavy (non-hydrogen) atoms. The SMILES string of the molecule is CCOC(=O)Cc1cc(C#N)cc(CBr)c1[N+](=O)[O-]. The molecule has 0 spiro atoms. The van der Waals surface area contributed by atoms with E-state index in [0.29, 0.717) is 5.56 Å². The van der Waals surface area contributed by atoms with Crippen LogP contribution in [0.15, 0.2) is 12.1 Å². The minimum Gasteiger partial charge on any atom is -0.466 e. The summed E-state index contributed by atoms with van der Waals surface area (Å²) in [6.45, 7) is 1.86. The maximum Gasteiger partial charge on any atom is 0.310 e. The first-order valence-corrected chi connectivity index (χ1v) is 6.57. The summed E-state index contributed by atoms with van der Waals surface area (Å²) < 4.78 is 4.77. The second kappa shape index (κ2) is 6.85. The Morgan fingerprint density at radius 2 is 2.16 bits per heavy atom. The normalized spacial score (nSPS) is 9.74. The van der Waals surface area contributed by atoms with Crippen LogP contribution < -0.4 is 0 Å². The highest BCUT2D eigenvalue weighted by atomic mass is 79.9. The number of carbonyl (C=O) groups is 1. The van der Waals surface area contributed by atoms with Gasteiger partial charge in [-0.25, -0.2) is 0 Å². The predicted molar refractivity (Wildman–Crippen MR) is 70.8 cm³/mol. The third-order valence-electron chi connectivity index (χ3n) is 2.36. The summed E-state index contributed by atoms with van der Waals surface area (Å²) in [4.78, 5) is 22.0. The lowest BCUT2D eigenvalue weighted by Crippen LogP contribution is -2.10. The van der Waals surface area contributed by atoms with Gasteiger partial charge in [0, 0.05) is 16.5 Å². The van der Waals surface area contributed by atoms with Crippen LogP contribution in [0.1, 0.15) is 23.6 Å². The fourth-order valence-corrected chi connectivity index (χ4v) is 2.09. The minimum absolute atomic E-state index is 0.149. The summed E-state index contributed by atoms with van der Waals surface area (Å²) in [5, 5.41) is 20.2. The molecule has 0 aliphatic carbocycles. The molecule has 0 aliphatic heterocycles. The van der Waals surface area contributed by atoms with Crippen molar-refractivity contribution in [3.05, 3.63) is 38.9 Å². The zero-order valence-corrected chi connectivity index (χ0v) is 11.8. The molecule has 1 aromatic carbocycles. The van der Waals surface area contributed by atoms with Crippen LogP contribution in [-0.2, 0) is 21.3 Å². The monoisotopic (exact) mass is 326 g/mol. The molecule has 0 amide bonds. The van der Waals surface area contributed by atoms with Gasteiger partial charge in [0.25, 0.3) is 5.69 Å². The van der Waals surface area contributed by atoms with Crippen molar-refractivity contribution in [1.82, 2.24) is 0 Å². The molecule has 0 saturated heterocycles. The number of nitrogens with zero attached hydrogens (tertiary/aromatic N) is 2. The number of halogens is 1. The number of hydrogen-bond donors (Lipinski definition) is 0. The van der Waals surface area contributed by atoms with Crippen LogP contribution in [0.2, 0.25) is 0 Å². The quantitative estimate of drug-likeness (QED) is 0.358. The molecule has 0 unspecified atom stereocenters. The Labute approximate surface area is 118 Å². The maximum absolute atomic E-state index is 11.4. The number of ether oxygens (including phenoxy) is 1. The zero-order chi connectivity index (χ0) is 14.4. The number of carbonyl (C=O) groups excluding carboxylic acids is 1. The van der Waals surface area contributed by atoms with Crippen LogP contribution in [0.25, 0.3) is 0 Å². The molecule has 7 heteroatoms. The van der Waals surface area contributed by atoms with Crippen molar-refractivity contribution < 1.29 is 14.5 Å². The van der Waals surface area contributed by atoms with Gasteiger partial charge in [0.1, 0.15) is 0 Å². The first-order chi connectivity index (χ1) is 9.03. The molecule has 0 heterocycles. The summed E-state index contributed by atoms with van der Waals surface area (Å²) in [6.07, 6.45) is -0.223. The Morgan fingerprint density at radius 1 is 1.53 bits per heavy atom. The first-order valence-electron chi connectivity index (χ1n) is 5.45. The van der Waals surface area contributed by atoms with Gasteiger partial charge in [0.05, 0.1) is 29.6 Å². The van der Waals surface area contributed by atoms with Gasteiger partial charge in [-0.15, -0.1) is 0 Å². The zero-order valence-electron chi connectivity index (χ0n) is 10.2. The van der Waals surface area contributed by atoms with Gasteiger partial charge in [0.2, 0.25) is 0 Å². The van der Waals surface area contributed by atoms with E-state index in [1.54, 1.807) is 6.92 Å². The van der Waals surface area contributed by atoms with Gasteiger partial charge in [-0.3, -0.25) is 14.9 Å². The van der Waals surface area contributed by atoms with E-state index in [9.17, 15) is 14.9 Å². The third-order valence-corrected chi connectivity index (χ3v) is 2.97. The summed E-state index contributed by atoms with van der Waals surface area (Å²) in [5.74, 6) is -0.554. The van der Waals surface area contributed by atoms with Crippen LogP contribution in [0.5, 0.6) is 0 Å². The third kappa shape index (κ3) is 3.76. The minimum atomic E-state index is -0.554. The van der Waals surface area contributed by atoms with E-state index in [1.165, 1.54) is 12.1 Å². The Morgan fingerprint density at radius 3 is 2.63 bits per heavy atom. The number of alkyl halides is 1. The lowest BCUT2D eigenvalue weighted by Gasteiger charge is -2.07. The topological polar surface area (TPSA) is 93.2 Å². The molecule has 6 nitrogen and oxygen atoms in total. The van der Waals surface area contributed by atoms with Crippen LogP contribution in [0.3, 0.4) is 0 Å². The molecule has 100 valence electrons. The fourth-order valence-electron chi connectivity index (χ4n) is 1.66. The van der Waals surface area contributed by atoms with Crippen LogP contribution >= 0.6 is 15.9 Å². The number of rotatable bonds is 5. The second-order valence-corrected chi connectivity index (χ2v) is 4.19. The number of hydrogen-bond acceptors (Lipinski definition) is 5. The van der Waals surface area contributed by atoms with Crippen molar-refractivity contribution >= 4 is 27.6 Å². The van der Waals surface area contributed by atoms with E-state index in [4.69, 9.17) is 10.00 Å². The Balaban J connectivity index is 3.30. The largest absolute Gasteiger partial charge is 0.466 e. The molecule has 0 saturated carbocycles. The van der Waals surface area contributed by atoms with Crippen LogP contribution in [0.4, 0.5) is 5.69 Å². The van der Waals surface area contributed by atoms with Crippen molar-refractivity contribution in [3.63, 3.8) is 0 Å². The van der Waals surface area contributed by atoms with E-state index in [-0.39, 0.29) is 35.2 Å². The van der Waals surface area contributed by atoms with Gasteiger partial charge >= 0.3 is 5.97 Å². The van der Waals surface area contributed by atoms with Gasteiger partial charge in [0.15, 0.2) is 0 Å². The van der Waals surface area contributed by atoms with Crippen LogP contribution in [0, 0.1) is 21.4 Å². The van der Waals surface area contributed by atoms with Crippen molar-refractivity contribution in [2.45, 2.75) is 18.7 Å². The Hall–Kier alpha value is -1.94. The molecular formula is C12H11BrN2O4. The Kier molecular flexibility index (Phi) is 5.45. The number of nitriles is 1. The highest BCUT2D eigenvalue weighted by Gasteiger charge is 2.22. The average molecular weight is 327 g/mol. The highest BCUT2D eigenvalue weighted by molar-refractivity contribution is 9.08. The van der Waals surface area contributed by atoms with Gasteiger partial charge in [-0.2, -0.15) is 5.26 Å². The van der Waals surface area contributed by atoms with Crippen LogP contribution in [-0.4, -0.2) is 17.5 Å². The molecule has 0 aliphatic rings. The van der Waals surface area contributed by atoms with Gasteiger partial charge in [-0.1, -0.05) is 15.9 Å². The van der Waals surface area contributed by atoms with Crippen molar-refractivity contribution in [2.24, 2.45) is 0 Å². The van der Waals surface area contributed by atoms with Gasteiger partial charge < -0.3 is 4.74 Å². The summed E-state index contributed by atoms with van der Waals surface area (Å²) in [5.41, 5.74) is 0.684. The number of nitro groups is 1. The number of esters is 1. The van der Waals surface area contributed by atoms with E-state index < -0.39 is 10.9 Å². The first kappa shape index (κ1) is 15.1. The number of nitro benzene ring substituents is 1. The molecule has 0 atom stereocenters. The lowest BCUT2D eigenvalue weighted by atomic mass is 10.0. The maximum atomic E-state index is 11.4. The highest BCUT2D eigenvalue weighted by Crippen LogP contribution is 2.28. The van der Waals surface area contributed by atoms with Crippen molar-refractivity contribution in [1.29, 1.82) is 5.26 Å². The molecule has 1 rings (SSSR count). The average Bonchev–Trinajstić information content (AvgIpc) is 2.37. The summed E-state index contributed by atoms with van der Waals surface area (Å²) in [6, 6.07) is 4.70. The second-order valence-electron chi connectivity index (χ2n) is 3.63. The molecule has 0 fully saturated rings. The number of benzene rings is 1. The van der Waals surface area contributed by atoms with Crippen molar-refractivity contribution in [2.75, 3.05) is 6.61 Å².